The van der Waals surface area contributed by atoms with Crippen LogP contribution >= 0.6 is 11.7 Å². The molecule has 1 aromatic heterocycles. The fourth-order valence-corrected chi connectivity index (χ4v) is 2.91. The molecule has 2 bridgehead atoms. The number of rotatable bonds is 3. The zero-order valence-corrected chi connectivity index (χ0v) is 9.29. The standard InChI is InChI=1S/C9H13N3O2S/c1-13-8-9(12-15-11-8)14-7-3-5-2-6(7)10-4-5/h5-7,10H,2-4H2,1H3. The normalized spacial score (nSPS) is 33.3. The summed E-state index contributed by atoms with van der Waals surface area (Å²) in [6.07, 6.45) is 2.59. The second-order valence-corrected chi connectivity index (χ2v) is 4.62. The topological polar surface area (TPSA) is 56.3 Å². The lowest BCUT2D eigenvalue weighted by Crippen LogP contribution is -2.40. The fourth-order valence-electron chi connectivity index (χ4n) is 2.44. The molecule has 1 aliphatic heterocycles. The minimum absolute atomic E-state index is 0.238. The Balaban J connectivity index is 1.70. The van der Waals surface area contributed by atoms with Gasteiger partial charge in [0.1, 0.15) is 6.10 Å². The summed E-state index contributed by atoms with van der Waals surface area (Å²) in [6, 6.07) is 0.487. The average molecular weight is 227 g/mol. The van der Waals surface area contributed by atoms with Crippen LogP contribution in [-0.2, 0) is 0 Å². The van der Waals surface area contributed by atoms with Crippen LogP contribution in [0, 0.1) is 5.92 Å². The Morgan fingerprint density at radius 2 is 2.20 bits per heavy atom. The van der Waals surface area contributed by atoms with Gasteiger partial charge in [0, 0.05) is 6.04 Å². The zero-order valence-electron chi connectivity index (χ0n) is 8.47. The van der Waals surface area contributed by atoms with E-state index in [9.17, 15) is 0 Å². The van der Waals surface area contributed by atoms with Crippen LogP contribution in [0.4, 0.5) is 0 Å². The van der Waals surface area contributed by atoms with Gasteiger partial charge >= 0.3 is 0 Å². The Hall–Kier alpha value is -0.880. The van der Waals surface area contributed by atoms with Crippen LogP contribution in [0.2, 0.25) is 0 Å². The summed E-state index contributed by atoms with van der Waals surface area (Å²) in [5, 5.41) is 3.45. The van der Waals surface area contributed by atoms with Gasteiger partial charge in [0.15, 0.2) is 0 Å². The number of nitrogens with zero attached hydrogens (tertiary/aromatic N) is 2. The summed E-state index contributed by atoms with van der Waals surface area (Å²) >= 11 is 1.12. The average Bonchev–Trinajstić information content (AvgIpc) is 2.92. The van der Waals surface area contributed by atoms with Crippen molar-refractivity contribution in [2.45, 2.75) is 25.0 Å². The van der Waals surface area contributed by atoms with Crippen LogP contribution in [0.1, 0.15) is 12.8 Å². The molecule has 15 heavy (non-hydrogen) atoms. The number of methoxy groups -OCH3 is 1. The Morgan fingerprint density at radius 3 is 2.87 bits per heavy atom. The maximum Gasteiger partial charge on any atom is 0.291 e. The van der Waals surface area contributed by atoms with Gasteiger partial charge < -0.3 is 14.8 Å². The lowest BCUT2D eigenvalue weighted by atomic mass is 10.1. The van der Waals surface area contributed by atoms with E-state index in [1.165, 1.54) is 6.42 Å². The van der Waals surface area contributed by atoms with Gasteiger partial charge in [0.2, 0.25) is 0 Å². The van der Waals surface area contributed by atoms with Gasteiger partial charge in [-0.15, -0.1) is 8.75 Å². The molecule has 1 saturated heterocycles. The molecule has 5 nitrogen and oxygen atoms in total. The van der Waals surface area contributed by atoms with Gasteiger partial charge in [0.05, 0.1) is 18.8 Å². The zero-order chi connectivity index (χ0) is 10.3. The van der Waals surface area contributed by atoms with Gasteiger partial charge in [-0.1, -0.05) is 0 Å². The van der Waals surface area contributed by atoms with Crippen molar-refractivity contribution in [3.8, 4) is 11.8 Å². The van der Waals surface area contributed by atoms with E-state index in [1.54, 1.807) is 7.11 Å². The van der Waals surface area contributed by atoms with Crippen LogP contribution in [0.25, 0.3) is 0 Å². The molecule has 6 heteroatoms. The Morgan fingerprint density at radius 1 is 1.33 bits per heavy atom. The highest BCUT2D eigenvalue weighted by Gasteiger charge is 2.41. The van der Waals surface area contributed by atoms with E-state index >= 15 is 0 Å². The molecule has 2 fully saturated rings. The van der Waals surface area contributed by atoms with E-state index in [0.29, 0.717) is 17.8 Å². The molecule has 1 aliphatic carbocycles. The van der Waals surface area contributed by atoms with Crippen LogP contribution < -0.4 is 14.8 Å². The molecule has 82 valence electrons. The molecule has 1 saturated carbocycles. The second kappa shape index (κ2) is 3.61. The van der Waals surface area contributed by atoms with Crippen molar-refractivity contribution in [2.24, 2.45) is 5.92 Å². The van der Waals surface area contributed by atoms with Crippen LogP contribution in [0.5, 0.6) is 11.8 Å². The fraction of sp³-hybridized carbons (Fsp3) is 0.778. The molecular weight excluding hydrogens is 214 g/mol. The predicted molar refractivity (Wildman–Crippen MR) is 55.4 cm³/mol. The van der Waals surface area contributed by atoms with Gasteiger partial charge in [-0.25, -0.2) is 0 Å². The molecule has 2 heterocycles. The van der Waals surface area contributed by atoms with E-state index in [2.05, 4.69) is 14.1 Å². The lowest BCUT2D eigenvalue weighted by Gasteiger charge is -2.22. The van der Waals surface area contributed by atoms with Crippen LogP contribution in [-0.4, -0.2) is 34.5 Å². The first kappa shape index (κ1) is 9.35. The van der Waals surface area contributed by atoms with Gasteiger partial charge in [-0.3, -0.25) is 0 Å². The summed E-state index contributed by atoms with van der Waals surface area (Å²) in [5.41, 5.74) is 0. The maximum absolute atomic E-state index is 5.82. The summed E-state index contributed by atoms with van der Waals surface area (Å²) < 4.78 is 19.0. The molecule has 1 aromatic rings. The number of hydrogen-bond donors (Lipinski definition) is 1. The highest BCUT2D eigenvalue weighted by Crippen LogP contribution is 2.35. The molecule has 0 aromatic carbocycles. The van der Waals surface area contributed by atoms with Crippen LogP contribution in [0.15, 0.2) is 0 Å². The molecule has 2 aliphatic rings. The number of ether oxygens (including phenoxy) is 2. The van der Waals surface area contributed by atoms with Crippen LogP contribution in [0.3, 0.4) is 0 Å². The SMILES string of the molecule is COc1nsnc1OC1CC2CNC1C2. The van der Waals surface area contributed by atoms with Gasteiger partial charge in [-0.05, 0) is 25.3 Å². The minimum atomic E-state index is 0.238. The molecule has 3 atom stereocenters. The summed E-state index contributed by atoms with van der Waals surface area (Å²) in [4.78, 5) is 0. The number of hydrogen-bond acceptors (Lipinski definition) is 6. The van der Waals surface area contributed by atoms with Gasteiger partial charge in [-0.2, -0.15) is 0 Å². The lowest BCUT2D eigenvalue weighted by molar-refractivity contribution is 0.147. The first-order chi connectivity index (χ1) is 7.36. The molecule has 0 spiro atoms. The van der Waals surface area contributed by atoms with Crippen molar-refractivity contribution >= 4 is 11.7 Å². The molecular formula is C9H13N3O2S. The van der Waals surface area contributed by atoms with E-state index in [1.807, 2.05) is 0 Å². The summed E-state index contributed by atoms with van der Waals surface area (Å²) in [6.45, 7) is 1.14. The maximum atomic E-state index is 5.82. The van der Waals surface area contributed by atoms with E-state index in [0.717, 1.165) is 30.6 Å². The first-order valence-corrected chi connectivity index (χ1v) is 5.86. The quantitative estimate of drug-likeness (QED) is 0.822. The first-order valence-electron chi connectivity index (χ1n) is 5.13. The third-order valence-electron chi connectivity index (χ3n) is 3.16. The third kappa shape index (κ3) is 1.57. The Kier molecular flexibility index (Phi) is 2.25. The summed E-state index contributed by atoms with van der Waals surface area (Å²) in [5.74, 6) is 1.82. The van der Waals surface area contributed by atoms with Crippen molar-refractivity contribution < 1.29 is 9.47 Å². The second-order valence-electron chi connectivity index (χ2n) is 4.09. The van der Waals surface area contributed by atoms with Crippen molar-refractivity contribution in [1.82, 2.24) is 14.1 Å². The largest absolute Gasteiger partial charge is 0.477 e. The van der Waals surface area contributed by atoms with E-state index < -0.39 is 0 Å². The molecule has 0 amide bonds. The van der Waals surface area contributed by atoms with Crippen molar-refractivity contribution in [3.05, 3.63) is 0 Å². The monoisotopic (exact) mass is 227 g/mol. The summed E-state index contributed by atoms with van der Waals surface area (Å²) in [7, 11) is 1.59. The number of nitrogens with one attached hydrogen (secondary N) is 1. The van der Waals surface area contributed by atoms with Crippen molar-refractivity contribution in [3.63, 3.8) is 0 Å². The number of aromatic nitrogens is 2. The predicted octanol–water partition coefficient (Wildman–Crippen LogP) is 0.676. The molecule has 0 radical (unpaired) electrons. The van der Waals surface area contributed by atoms with Crippen molar-refractivity contribution in [1.29, 1.82) is 0 Å². The Labute approximate surface area is 92.1 Å². The smallest absolute Gasteiger partial charge is 0.291 e. The molecule has 3 unspecified atom stereocenters. The van der Waals surface area contributed by atoms with E-state index in [4.69, 9.17) is 9.47 Å². The van der Waals surface area contributed by atoms with Crippen molar-refractivity contribution in [2.75, 3.05) is 13.7 Å². The minimum Gasteiger partial charge on any atom is -0.477 e. The van der Waals surface area contributed by atoms with E-state index in [-0.39, 0.29) is 6.10 Å². The van der Waals surface area contributed by atoms with Gasteiger partial charge in [0.25, 0.3) is 11.8 Å². The highest BCUT2D eigenvalue weighted by molar-refractivity contribution is 6.99. The Bertz CT molecular complexity index is 357. The number of piperidine rings is 1. The highest BCUT2D eigenvalue weighted by atomic mass is 32.1. The molecule has 1 N–H and O–H groups in total. The molecule has 3 rings (SSSR count). The number of fused-ring (bicyclic) bond motifs is 2. The third-order valence-corrected chi connectivity index (χ3v) is 3.65.